The number of nitrogens with two attached hydrogens (primary N) is 1. The maximum Gasteiger partial charge on any atom is 0.222 e. The first-order chi connectivity index (χ1) is 19.0. The molecule has 8 heteroatoms. The van der Waals surface area contributed by atoms with Gasteiger partial charge in [-0.05, 0) is 57.4 Å². The van der Waals surface area contributed by atoms with Crippen LogP contribution >= 0.6 is 0 Å². The molecule has 2 aromatic rings. The van der Waals surface area contributed by atoms with Crippen LogP contribution in [0.4, 0.5) is 0 Å². The zero-order valence-corrected chi connectivity index (χ0v) is 24.7. The molecular weight excluding hydrogens is 492 g/mol. The maximum atomic E-state index is 12.1. The van der Waals surface area contributed by atoms with Crippen LogP contribution in [0.3, 0.4) is 0 Å². The molecule has 2 amide bonds. The van der Waals surface area contributed by atoms with Crippen LogP contribution in [0.1, 0.15) is 63.5 Å². The van der Waals surface area contributed by atoms with Crippen LogP contribution in [0.25, 0.3) is 0 Å². The Balaban J connectivity index is 0.00000111. The van der Waals surface area contributed by atoms with Gasteiger partial charge in [-0.2, -0.15) is 0 Å². The third kappa shape index (κ3) is 18.1. The number of nitrogens with one attached hydrogen (secondary N) is 2. The van der Waals surface area contributed by atoms with Gasteiger partial charge in [-0.3, -0.25) is 9.59 Å². The molecule has 1 aliphatic heterocycles. The van der Waals surface area contributed by atoms with Gasteiger partial charge in [0.2, 0.25) is 11.8 Å². The van der Waals surface area contributed by atoms with Gasteiger partial charge in [0.05, 0.1) is 13.2 Å². The second-order valence-electron chi connectivity index (χ2n) is 8.89. The van der Waals surface area contributed by atoms with Gasteiger partial charge in [0.1, 0.15) is 5.75 Å². The van der Waals surface area contributed by atoms with Crippen molar-refractivity contribution in [3.05, 3.63) is 65.7 Å². The van der Waals surface area contributed by atoms with E-state index in [1.54, 1.807) is 7.11 Å². The fraction of sp³-hybridized carbons (Fsp3) is 0.548. The number of aryl methyl sites for hydroxylation is 1. The fourth-order valence-corrected chi connectivity index (χ4v) is 3.79. The lowest BCUT2D eigenvalue weighted by Crippen LogP contribution is -2.38. The minimum Gasteiger partial charge on any atom is -0.497 e. The van der Waals surface area contributed by atoms with E-state index in [-0.39, 0.29) is 18.4 Å². The average Bonchev–Trinajstić information content (AvgIpc) is 2.99. The van der Waals surface area contributed by atoms with E-state index < -0.39 is 6.10 Å². The summed E-state index contributed by atoms with van der Waals surface area (Å²) in [5.41, 5.74) is 6.89. The van der Waals surface area contributed by atoms with Gasteiger partial charge in [-0.25, -0.2) is 0 Å². The normalized spacial score (nSPS) is 12.7. The molecule has 2 aromatic carbocycles. The van der Waals surface area contributed by atoms with Crippen LogP contribution in [-0.4, -0.2) is 68.3 Å². The number of hydrogen-bond donors (Lipinski definition) is 4. The topological polar surface area (TPSA) is 117 Å². The van der Waals surface area contributed by atoms with Crippen LogP contribution in [0, 0.1) is 6.92 Å². The zero-order valence-electron chi connectivity index (χ0n) is 24.7. The first-order valence-electron chi connectivity index (χ1n) is 14.1. The molecule has 3 rings (SSSR count). The SMILES string of the molecule is CC.CN.COc1cccc(CNCC(O)CNC(=O)CCCC(=O)N2CCCCC2)c1.Cc1ccccc1. The number of benzene rings is 2. The zero-order chi connectivity index (χ0) is 29.3. The first kappa shape index (κ1) is 36.1. The van der Waals surface area contributed by atoms with Crippen LogP contribution in [0.2, 0.25) is 0 Å². The number of piperidine rings is 1. The van der Waals surface area contributed by atoms with Gasteiger partial charge in [-0.1, -0.05) is 61.9 Å². The third-order valence-electron chi connectivity index (χ3n) is 5.82. The minimum absolute atomic E-state index is 0.127. The van der Waals surface area contributed by atoms with Gasteiger partial charge in [-0.15, -0.1) is 0 Å². The van der Waals surface area contributed by atoms with Crippen molar-refractivity contribution in [1.82, 2.24) is 15.5 Å². The molecule has 0 bridgehead atoms. The van der Waals surface area contributed by atoms with Crippen molar-refractivity contribution in [2.75, 3.05) is 40.3 Å². The quantitative estimate of drug-likeness (QED) is 0.339. The Kier molecular flexibility index (Phi) is 22.3. The number of carbonyl (C=O) groups excluding carboxylic acids is 2. The van der Waals surface area contributed by atoms with Gasteiger partial charge < -0.3 is 31.1 Å². The predicted octanol–water partition coefficient (Wildman–Crippen LogP) is 4.04. The lowest BCUT2D eigenvalue weighted by molar-refractivity contribution is -0.132. The molecule has 1 aliphatic rings. The summed E-state index contributed by atoms with van der Waals surface area (Å²) in [6.07, 6.45) is 3.96. The number of rotatable bonds is 11. The summed E-state index contributed by atoms with van der Waals surface area (Å²) in [6.45, 7) is 8.97. The molecule has 1 atom stereocenters. The molecule has 1 fully saturated rings. The summed E-state index contributed by atoms with van der Waals surface area (Å²) in [6, 6.07) is 18.0. The minimum atomic E-state index is -0.662. The number of methoxy groups -OCH3 is 1. The molecule has 220 valence electrons. The van der Waals surface area contributed by atoms with E-state index in [4.69, 9.17) is 4.74 Å². The molecule has 0 spiro atoms. The summed E-state index contributed by atoms with van der Waals surface area (Å²) >= 11 is 0. The second-order valence-corrected chi connectivity index (χ2v) is 8.89. The highest BCUT2D eigenvalue weighted by Crippen LogP contribution is 2.12. The fourth-order valence-electron chi connectivity index (χ4n) is 3.79. The Morgan fingerprint density at radius 1 is 0.974 bits per heavy atom. The monoisotopic (exact) mass is 544 g/mol. The number of hydrogen-bond acceptors (Lipinski definition) is 6. The number of amides is 2. The molecule has 1 unspecified atom stereocenters. The number of ether oxygens (including phenoxy) is 1. The van der Waals surface area contributed by atoms with Crippen LogP contribution < -0.4 is 21.1 Å². The van der Waals surface area contributed by atoms with Gasteiger partial charge in [0, 0.05) is 45.6 Å². The Labute approximate surface area is 236 Å². The van der Waals surface area contributed by atoms with Crippen molar-refractivity contribution >= 4 is 11.8 Å². The first-order valence-corrected chi connectivity index (χ1v) is 14.1. The summed E-state index contributed by atoms with van der Waals surface area (Å²) < 4.78 is 5.18. The Bertz CT molecular complexity index is 874. The standard InChI is InChI=1S/C21H33N3O4.C7H8.C2H6.CH5N/c1-28-19-8-5-7-17(13-19)14-22-15-18(25)16-23-20(26)9-6-10-21(27)24-11-3-2-4-12-24;1-7-5-3-2-4-6-7;2*1-2/h5,7-8,13,18,22,25H,2-4,6,9-12,14-16H2,1H3,(H,23,26);2-6H,1H3;1-2H3;2H2,1H3. The molecule has 8 nitrogen and oxygen atoms in total. The largest absolute Gasteiger partial charge is 0.497 e. The highest BCUT2D eigenvalue weighted by atomic mass is 16.5. The summed E-state index contributed by atoms with van der Waals surface area (Å²) in [7, 11) is 3.13. The van der Waals surface area contributed by atoms with E-state index in [1.165, 1.54) is 19.0 Å². The van der Waals surface area contributed by atoms with Crippen LogP contribution in [0.15, 0.2) is 54.6 Å². The summed E-state index contributed by atoms with van der Waals surface area (Å²) in [4.78, 5) is 25.9. The Morgan fingerprint density at radius 2 is 1.64 bits per heavy atom. The van der Waals surface area contributed by atoms with E-state index in [1.807, 2.05) is 61.2 Å². The van der Waals surface area contributed by atoms with Gasteiger partial charge in [0.15, 0.2) is 0 Å². The lowest BCUT2D eigenvalue weighted by atomic mass is 10.1. The van der Waals surface area contributed by atoms with Crippen molar-refractivity contribution < 1.29 is 19.4 Å². The van der Waals surface area contributed by atoms with Gasteiger partial charge in [0.25, 0.3) is 0 Å². The predicted molar refractivity (Wildman–Crippen MR) is 161 cm³/mol. The number of likely N-dealkylation sites (tertiary alicyclic amines) is 1. The van der Waals surface area contributed by atoms with E-state index in [2.05, 4.69) is 35.4 Å². The van der Waals surface area contributed by atoms with Crippen molar-refractivity contribution in [2.45, 2.75) is 71.9 Å². The van der Waals surface area contributed by atoms with Gasteiger partial charge >= 0.3 is 0 Å². The van der Waals surface area contributed by atoms with E-state index in [9.17, 15) is 14.7 Å². The maximum absolute atomic E-state index is 12.1. The molecule has 39 heavy (non-hydrogen) atoms. The number of aliphatic hydroxyl groups is 1. The van der Waals surface area contributed by atoms with Crippen LogP contribution in [0.5, 0.6) is 5.75 Å². The van der Waals surface area contributed by atoms with E-state index in [0.29, 0.717) is 32.4 Å². The van der Waals surface area contributed by atoms with E-state index >= 15 is 0 Å². The molecule has 1 heterocycles. The summed E-state index contributed by atoms with van der Waals surface area (Å²) in [5, 5.41) is 15.9. The number of carbonyl (C=O) groups is 2. The smallest absolute Gasteiger partial charge is 0.222 e. The Hall–Kier alpha value is -2.94. The molecule has 0 saturated carbocycles. The lowest BCUT2D eigenvalue weighted by Gasteiger charge is -2.26. The van der Waals surface area contributed by atoms with Crippen molar-refractivity contribution in [3.8, 4) is 5.75 Å². The number of nitrogens with zero attached hydrogens (tertiary/aromatic N) is 1. The average molecular weight is 545 g/mol. The molecule has 1 saturated heterocycles. The highest BCUT2D eigenvalue weighted by Gasteiger charge is 2.16. The van der Waals surface area contributed by atoms with Crippen molar-refractivity contribution in [2.24, 2.45) is 5.73 Å². The Morgan fingerprint density at radius 3 is 2.23 bits per heavy atom. The molecule has 5 N–H and O–H groups in total. The highest BCUT2D eigenvalue weighted by molar-refractivity contribution is 5.79. The second kappa shape index (κ2) is 24.1. The molecule has 0 aromatic heterocycles. The van der Waals surface area contributed by atoms with E-state index in [0.717, 1.165) is 37.2 Å². The van der Waals surface area contributed by atoms with Crippen molar-refractivity contribution in [1.29, 1.82) is 0 Å². The molecule has 0 aliphatic carbocycles. The molecule has 0 radical (unpaired) electrons. The van der Waals surface area contributed by atoms with Crippen molar-refractivity contribution in [3.63, 3.8) is 0 Å². The van der Waals surface area contributed by atoms with Crippen LogP contribution in [-0.2, 0) is 16.1 Å². The third-order valence-corrected chi connectivity index (χ3v) is 5.82. The summed E-state index contributed by atoms with van der Waals surface area (Å²) in [5.74, 6) is 0.818. The molecular formula is C31H52N4O4. The number of aliphatic hydroxyl groups excluding tert-OH is 1.